The van der Waals surface area contributed by atoms with Crippen molar-refractivity contribution in [3.8, 4) is 11.5 Å². The fourth-order valence-corrected chi connectivity index (χ4v) is 2.65. The number of benzene rings is 2. The Balaban J connectivity index is 2.34. The molecule has 3 N–H and O–H groups in total. The van der Waals surface area contributed by atoms with Crippen LogP contribution in [0.3, 0.4) is 0 Å². The molecule has 2 rings (SSSR count). The van der Waals surface area contributed by atoms with Crippen molar-refractivity contribution < 1.29 is 42.0 Å². The van der Waals surface area contributed by atoms with Crippen molar-refractivity contribution in [3.05, 3.63) is 62.7 Å². The van der Waals surface area contributed by atoms with Crippen molar-refractivity contribution in [2.24, 2.45) is 0 Å². The van der Waals surface area contributed by atoms with E-state index in [2.05, 4.69) is 0 Å². The van der Waals surface area contributed by atoms with E-state index in [4.69, 9.17) is 26.1 Å². The molecule has 0 spiro atoms. The van der Waals surface area contributed by atoms with Gasteiger partial charge < -0.3 is 19.8 Å². The SMILES string of the molecule is O=C(NCP(=O)(O)O)c1cc(Oc2ccc(C(F)(F)F)cc2Cl)ccc1[N+](=O)[O-]. The van der Waals surface area contributed by atoms with E-state index in [9.17, 15) is 32.6 Å². The maximum atomic E-state index is 12.7. The normalized spacial score (nSPS) is 11.8. The van der Waals surface area contributed by atoms with Crippen molar-refractivity contribution >= 4 is 30.8 Å². The smallest absolute Gasteiger partial charge is 0.416 e. The van der Waals surface area contributed by atoms with Gasteiger partial charge in [-0.1, -0.05) is 11.6 Å². The number of ether oxygens (including phenoxy) is 1. The minimum Gasteiger partial charge on any atom is -0.456 e. The van der Waals surface area contributed by atoms with Gasteiger partial charge in [0, 0.05) is 12.1 Å². The number of nitro groups is 1. The maximum absolute atomic E-state index is 12.7. The lowest BCUT2D eigenvalue weighted by atomic mass is 10.1. The van der Waals surface area contributed by atoms with Gasteiger partial charge in [-0.05, 0) is 24.3 Å². The number of hydrogen-bond donors (Lipinski definition) is 3. The van der Waals surface area contributed by atoms with E-state index in [-0.39, 0.29) is 11.5 Å². The Kier molecular flexibility index (Phi) is 6.53. The van der Waals surface area contributed by atoms with Crippen LogP contribution < -0.4 is 10.1 Å². The molecule has 0 fully saturated rings. The van der Waals surface area contributed by atoms with Crippen molar-refractivity contribution in [1.29, 1.82) is 0 Å². The third kappa shape index (κ3) is 6.16. The number of hydrogen-bond acceptors (Lipinski definition) is 5. The number of halogens is 4. The summed E-state index contributed by atoms with van der Waals surface area (Å²) in [7, 11) is -4.61. The Morgan fingerprint density at radius 3 is 2.41 bits per heavy atom. The molecule has 0 saturated carbocycles. The Morgan fingerprint density at radius 1 is 1.24 bits per heavy atom. The van der Waals surface area contributed by atoms with Crippen LogP contribution in [0.15, 0.2) is 36.4 Å². The fraction of sp³-hybridized carbons (Fsp3) is 0.133. The van der Waals surface area contributed by atoms with Gasteiger partial charge >= 0.3 is 13.8 Å². The summed E-state index contributed by atoms with van der Waals surface area (Å²) in [5.74, 6) is -1.56. The van der Waals surface area contributed by atoms with E-state index in [1.807, 2.05) is 5.32 Å². The van der Waals surface area contributed by atoms with Gasteiger partial charge in [0.15, 0.2) is 0 Å². The van der Waals surface area contributed by atoms with Crippen LogP contribution in [0, 0.1) is 10.1 Å². The van der Waals surface area contributed by atoms with E-state index in [1.165, 1.54) is 0 Å². The van der Waals surface area contributed by atoms with E-state index >= 15 is 0 Å². The molecule has 0 aliphatic rings. The van der Waals surface area contributed by atoms with E-state index in [0.29, 0.717) is 12.1 Å². The molecule has 1 amide bonds. The molecule has 0 saturated heterocycles. The third-order valence-electron chi connectivity index (χ3n) is 3.34. The number of alkyl halides is 3. The second kappa shape index (κ2) is 8.37. The van der Waals surface area contributed by atoms with Crippen LogP contribution in [0.5, 0.6) is 11.5 Å². The molecule has 14 heteroatoms. The van der Waals surface area contributed by atoms with Crippen LogP contribution in [0.25, 0.3) is 0 Å². The summed E-state index contributed by atoms with van der Waals surface area (Å²) in [5.41, 5.74) is -2.28. The molecule has 29 heavy (non-hydrogen) atoms. The predicted octanol–water partition coefficient (Wildman–Crippen LogP) is 3.92. The molecule has 0 heterocycles. The van der Waals surface area contributed by atoms with Crippen molar-refractivity contribution in [3.63, 3.8) is 0 Å². The quantitative estimate of drug-likeness (QED) is 0.341. The lowest BCUT2D eigenvalue weighted by molar-refractivity contribution is -0.385. The number of carbonyl (C=O) groups excluding carboxylic acids is 1. The first kappa shape index (κ1) is 22.6. The molecule has 2 aromatic carbocycles. The van der Waals surface area contributed by atoms with Gasteiger partial charge in [-0.25, -0.2) is 0 Å². The van der Waals surface area contributed by atoms with E-state index < -0.39 is 52.7 Å². The topological polar surface area (TPSA) is 139 Å². The zero-order valence-corrected chi connectivity index (χ0v) is 15.7. The van der Waals surface area contributed by atoms with Crippen molar-refractivity contribution in [2.45, 2.75) is 6.18 Å². The highest BCUT2D eigenvalue weighted by atomic mass is 35.5. The first-order chi connectivity index (χ1) is 13.3. The standard InChI is InChI=1S/C15H11ClF3N2O7P/c16-11-5-8(15(17,18)19)1-4-13(11)28-9-2-3-12(21(23)24)10(6-9)14(22)20-7-29(25,26)27/h1-6H,7H2,(H,20,22)(H2,25,26,27). The van der Waals surface area contributed by atoms with Crippen LogP contribution >= 0.6 is 19.2 Å². The van der Waals surface area contributed by atoms with Gasteiger partial charge in [-0.2, -0.15) is 13.2 Å². The zero-order chi connectivity index (χ0) is 22.0. The van der Waals surface area contributed by atoms with E-state index in [0.717, 1.165) is 24.3 Å². The Bertz CT molecular complexity index is 1010. The molecular weight excluding hydrogens is 444 g/mol. The van der Waals surface area contributed by atoms with Crippen LogP contribution in [0.4, 0.5) is 18.9 Å². The minimum absolute atomic E-state index is 0.182. The average molecular weight is 455 g/mol. The van der Waals surface area contributed by atoms with Crippen molar-refractivity contribution in [2.75, 3.05) is 6.29 Å². The number of rotatable bonds is 6. The average Bonchev–Trinajstić information content (AvgIpc) is 2.59. The largest absolute Gasteiger partial charge is 0.456 e. The number of carbonyl (C=O) groups is 1. The summed E-state index contributed by atoms with van der Waals surface area (Å²) >= 11 is 5.77. The first-order valence-corrected chi connectivity index (χ1v) is 9.61. The molecule has 9 nitrogen and oxygen atoms in total. The lowest BCUT2D eigenvalue weighted by Gasteiger charge is -2.12. The molecule has 0 unspecified atom stereocenters. The highest BCUT2D eigenvalue weighted by molar-refractivity contribution is 7.51. The molecule has 0 aromatic heterocycles. The second-order valence-electron chi connectivity index (χ2n) is 5.51. The first-order valence-electron chi connectivity index (χ1n) is 7.44. The Labute approximate surface area is 165 Å². The molecule has 0 bridgehead atoms. The highest BCUT2D eigenvalue weighted by Crippen LogP contribution is 2.37. The number of nitrogens with one attached hydrogen (secondary N) is 1. The van der Waals surface area contributed by atoms with Gasteiger partial charge in [0.2, 0.25) is 0 Å². The van der Waals surface area contributed by atoms with Gasteiger partial charge in [0.25, 0.3) is 11.6 Å². The zero-order valence-electron chi connectivity index (χ0n) is 14.0. The molecule has 0 atom stereocenters. The van der Waals surface area contributed by atoms with Gasteiger partial charge in [0.1, 0.15) is 23.3 Å². The monoisotopic (exact) mass is 454 g/mol. The third-order valence-corrected chi connectivity index (χ3v) is 4.21. The van der Waals surface area contributed by atoms with Crippen LogP contribution in [-0.2, 0) is 10.7 Å². The summed E-state index contributed by atoms with van der Waals surface area (Å²) in [6, 6.07) is 5.11. The fourth-order valence-electron chi connectivity index (χ4n) is 2.08. The van der Waals surface area contributed by atoms with Crippen LogP contribution in [0.1, 0.15) is 15.9 Å². The predicted molar refractivity (Wildman–Crippen MR) is 94.0 cm³/mol. The molecule has 0 aliphatic heterocycles. The summed E-state index contributed by atoms with van der Waals surface area (Å²) in [6.07, 6.45) is -5.68. The summed E-state index contributed by atoms with van der Waals surface area (Å²) in [4.78, 5) is 39.9. The number of amides is 1. The molecule has 156 valence electrons. The minimum atomic E-state index is -4.63. The summed E-state index contributed by atoms with van der Waals surface area (Å²) in [5, 5.41) is 12.5. The maximum Gasteiger partial charge on any atom is 0.416 e. The number of nitrogens with zero attached hydrogens (tertiary/aromatic N) is 1. The second-order valence-corrected chi connectivity index (χ2v) is 7.56. The van der Waals surface area contributed by atoms with Gasteiger partial charge in [0.05, 0.1) is 15.5 Å². The molecular formula is C15H11ClF3N2O7P. The Morgan fingerprint density at radius 2 is 1.90 bits per heavy atom. The molecule has 0 radical (unpaired) electrons. The summed E-state index contributed by atoms with van der Waals surface area (Å²) < 4.78 is 54.2. The highest BCUT2D eigenvalue weighted by Gasteiger charge is 2.31. The van der Waals surface area contributed by atoms with Crippen LogP contribution in [0.2, 0.25) is 5.02 Å². The molecule has 0 aliphatic carbocycles. The van der Waals surface area contributed by atoms with Gasteiger partial charge in [-0.3, -0.25) is 19.5 Å². The lowest BCUT2D eigenvalue weighted by Crippen LogP contribution is -2.25. The van der Waals surface area contributed by atoms with Crippen molar-refractivity contribution in [1.82, 2.24) is 5.32 Å². The van der Waals surface area contributed by atoms with Gasteiger partial charge in [-0.15, -0.1) is 0 Å². The number of nitro benzene ring substituents is 1. The van der Waals surface area contributed by atoms with Crippen LogP contribution in [-0.4, -0.2) is 26.9 Å². The summed E-state index contributed by atoms with van der Waals surface area (Å²) in [6.45, 7) is 0. The molecule has 2 aromatic rings. The van der Waals surface area contributed by atoms with E-state index in [1.54, 1.807) is 0 Å². The Hall–Kier alpha value is -2.66.